The van der Waals surface area contributed by atoms with E-state index in [0.29, 0.717) is 25.8 Å². The van der Waals surface area contributed by atoms with Gasteiger partial charge in [-0.1, -0.05) is 31.9 Å². The number of Topliss-reactive ketones (excluding diaryl/α,β-unsaturated/α-hetero) is 1. The Kier molecular flexibility index (Phi) is 4.94. The van der Waals surface area contributed by atoms with E-state index in [-0.39, 0.29) is 18.0 Å². The molecule has 2 rings (SSSR count). The van der Waals surface area contributed by atoms with Gasteiger partial charge in [-0.15, -0.1) is 0 Å². The highest BCUT2D eigenvalue weighted by molar-refractivity contribution is 9.10. The second kappa shape index (κ2) is 6.50. The van der Waals surface area contributed by atoms with Crippen molar-refractivity contribution >= 4 is 37.6 Å². The van der Waals surface area contributed by atoms with Gasteiger partial charge in [-0.05, 0) is 42.0 Å². The Balaban J connectivity index is 2.27. The second-order valence-electron chi connectivity index (χ2n) is 4.22. The summed E-state index contributed by atoms with van der Waals surface area (Å²) in [7, 11) is 1.54. The van der Waals surface area contributed by atoms with Crippen LogP contribution < -0.4 is 4.74 Å². The van der Waals surface area contributed by atoms with Crippen molar-refractivity contribution in [1.82, 2.24) is 0 Å². The number of carbonyl (C=O) groups is 1. The van der Waals surface area contributed by atoms with Gasteiger partial charge in [0.2, 0.25) is 0 Å². The molecule has 0 amide bonds. The lowest BCUT2D eigenvalue weighted by atomic mass is 10.0. The summed E-state index contributed by atoms with van der Waals surface area (Å²) in [5.41, 5.74) is 1.14. The lowest BCUT2D eigenvalue weighted by Gasteiger charge is -2.07. The maximum atomic E-state index is 13.3. The molecule has 0 aliphatic rings. The minimum absolute atomic E-state index is 0.103. The molecule has 0 fully saturated rings. The van der Waals surface area contributed by atoms with E-state index in [1.807, 2.05) is 0 Å². The topological polar surface area (TPSA) is 26.3 Å². The summed E-state index contributed by atoms with van der Waals surface area (Å²) in [6.07, 6.45) is 0.127. The number of hydrogen-bond acceptors (Lipinski definition) is 2. The molecule has 104 valence electrons. The van der Waals surface area contributed by atoms with Gasteiger partial charge in [0, 0.05) is 20.9 Å². The third-order valence-electron chi connectivity index (χ3n) is 2.76. The van der Waals surface area contributed by atoms with Crippen molar-refractivity contribution in [2.75, 3.05) is 7.11 Å². The summed E-state index contributed by atoms with van der Waals surface area (Å²) >= 11 is 6.56. The van der Waals surface area contributed by atoms with Crippen LogP contribution >= 0.6 is 31.9 Å². The fraction of sp³-hybridized carbons (Fsp3) is 0.133. The molecule has 0 radical (unpaired) electrons. The fourth-order valence-electron chi connectivity index (χ4n) is 1.84. The van der Waals surface area contributed by atoms with Gasteiger partial charge in [-0.3, -0.25) is 4.79 Å². The molecule has 2 aromatic rings. The van der Waals surface area contributed by atoms with Crippen LogP contribution in [0.2, 0.25) is 0 Å². The van der Waals surface area contributed by atoms with Crippen LogP contribution in [-0.2, 0) is 6.42 Å². The smallest absolute Gasteiger partial charge is 0.168 e. The predicted molar refractivity (Wildman–Crippen MR) is 82.8 cm³/mol. The van der Waals surface area contributed by atoms with E-state index in [1.165, 1.54) is 12.1 Å². The van der Waals surface area contributed by atoms with Crippen LogP contribution in [0, 0.1) is 5.82 Å². The van der Waals surface area contributed by atoms with Crippen molar-refractivity contribution in [2.45, 2.75) is 6.42 Å². The standard InChI is InChI=1S/C15H11Br2FO2/c1-20-12-2-3-14(17)13(8-12)15(19)6-9-4-10(16)7-11(18)5-9/h2-5,7-8H,6H2,1H3. The molecule has 0 saturated heterocycles. The van der Waals surface area contributed by atoms with Crippen molar-refractivity contribution in [2.24, 2.45) is 0 Å². The Labute approximate surface area is 133 Å². The first-order chi connectivity index (χ1) is 9.49. The first-order valence-electron chi connectivity index (χ1n) is 5.81. The van der Waals surface area contributed by atoms with Gasteiger partial charge in [0.15, 0.2) is 5.78 Å². The van der Waals surface area contributed by atoms with E-state index in [9.17, 15) is 9.18 Å². The third kappa shape index (κ3) is 3.67. The minimum Gasteiger partial charge on any atom is -0.497 e. The summed E-state index contributed by atoms with van der Waals surface area (Å²) in [5.74, 6) is 0.136. The van der Waals surface area contributed by atoms with Crippen LogP contribution in [0.3, 0.4) is 0 Å². The Bertz CT molecular complexity index is 636. The van der Waals surface area contributed by atoms with Crippen LogP contribution in [0.1, 0.15) is 15.9 Å². The molecule has 0 aromatic heterocycles. The average molecular weight is 402 g/mol. The number of ether oxygens (including phenoxy) is 1. The van der Waals surface area contributed by atoms with Gasteiger partial charge in [0.25, 0.3) is 0 Å². The molecule has 0 unspecified atom stereocenters. The van der Waals surface area contributed by atoms with Crippen LogP contribution in [-0.4, -0.2) is 12.9 Å². The Hall–Kier alpha value is -1.20. The lowest BCUT2D eigenvalue weighted by molar-refractivity contribution is 0.0992. The summed E-state index contributed by atoms with van der Waals surface area (Å²) in [4.78, 5) is 12.3. The first kappa shape index (κ1) is 15.2. The number of halogens is 3. The summed E-state index contributed by atoms with van der Waals surface area (Å²) < 4.78 is 19.7. The molecule has 2 aromatic carbocycles. The molecular weight excluding hydrogens is 391 g/mol. The number of benzene rings is 2. The number of carbonyl (C=O) groups excluding carboxylic acids is 1. The number of methoxy groups -OCH3 is 1. The molecule has 20 heavy (non-hydrogen) atoms. The van der Waals surface area contributed by atoms with E-state index in [2.05, 4.69) is 31.9 Å². The molecule has 0 atom stereocenters. The zero-order valence-electron chi connectivity index (χ0n) is 10.6. The van der Waals surface area contributed by atoms with Crippen molar-refractivity contribution < 1.29 is 13.9 Å². The predicted octanol–water partition coefficient (Wildman–Crippen LogP) is 4.78. The van der Waals surface area contributed by atoms with E-state index in [1.54, 1.807) is 31.4 Å². The van der Waals surface area contributed by atoms with Crippen LogP contribution in [0.4, 0.5) is 4.39 Å². The fourth-order valence-corrected chi connectivity index (χ4v) is 2.82. The molecule has 0 heterocycles. The molecule has 0 N–H and O–H groups in total. The monoisotopic (exact) mass is 400 g/mol. The SMILES string of the molecule is COc1ccc(Br)c(C(=O)Cc2cc(F)cc(Br)c2)c1. The quantitative estimate of drug-likeness (QED) is 0.688. The van der Waals surface area contributed by atoms with E-state index < -0.39 is 0 Å². The van der Waals surface area contributed by atoms with Gasteiger partial charge in [-0.2, -0.15) is 0 Å². The maximum absolute atomic E-state index is 13.3. The molecule has 0 aliphatic carbocycles. The third-order valence-corrected chi connectivity index (χ3v) is 3.91. The Morgan fingerprint density at radius 2 is 1.95 bits per heavy atom. The van der Waals surface area contributed by atoms with Crippen molar-refractivity contribution in [3.8, 4) is 5.75 Å². The van der Waals surface area contributed by atoms with Crippen LogP contribution in [0.5, 0.6) is 5.75 Å². The largest absolute Gasteiger partial charge is 0.497 e. The summed E-state index contributed by atoms with van der Waals surface area (Å²) in [5, 5.41) is 0. The zero-order chi connectivity index (χ0) is 14.7. The Morgan fingerprint density at radius 3 is 2.60 bits per heavy atom. The highest BCUT2D eigenvalue weighted by Gasteiger charge is 2.13. The molecule has 0 aliphatic heterocycles. The van der Waals surface area contributed by atoms with Gasteiger partial charge >= 0.3 is 0 Å². The number of hydrogen-bond donors (Lipinski definition) is 0. The van der Waals surface area contributed by atoms with Crippen molar-refractivity contribution in [1.29, 1.82) is 0 Å². The highest BCUT2D eigenvalue weighted by Crippen LogP contribution is 2.24. The normalized spacial score (nSPS) is 10.4. The van der Waals surface area contributed by atoms with Crippen LogP contribution in [0.15, 0.2) is 45.3 Å². The Morgan fingerprint density at radius 1 is 1.20 bits per heavy atom. The highest BCUT2D eigenvalue weighted by atomic mass is 79.9. The molecule has 0 saturated carbocycles. The van der Waals surface area contributed by atoms with E-state index in [0.717, 1.165) is 0 Å². The molecule has 0 spiro atoms. The zero-order valence-corrected chi connectivity index (χ0v) is 13.8. The van der Waals surface area contributed by atoms with Gasteiger partial charge in [0.1, 0.15) is 11.6 Å². The summed E-state index contributed by atoms with van der Waals surface area (Å²) in [6, 6.07) is 9.63. The van der Waals surface area contributed by atoms with Crippen LogP contribution in [0.25, 0.3) is 0 Å². The minimum atomic E-state index is -0.369. The average Bonchev–Trinajstić information content (AvgIpc) is 2.37. The molecular formula is C15H11Br2FO2. The van der Waals surface area contributed by atoms with Gasteiger partial charge in [0.05, 0.1) is 7.11 Å². The van der Waals surface area contributed by atoms with Crippen molar-refractivity contribution in [3.05, 3.63) is 62.3 Å². The molecule has 0 bridgehead atoms. The lowest BCUT2D eigenvalue weighted by Crippen LogP contribution is -2.05. The summed E-state index contributed by atoms with van der Waals surface area (Å²) in [6.45, 7) is 0. The molecule has 2 nitrogen and oxygen atoms in total. The van der Waals surface area contributed by atoms with Crippen molar-refractivity contribution in [3.63, 3.8) is 0 Å². The second-order valence-corrected chi connectivity index (χ2v) is 5.99. The first-order valence-corrected chi connectivity index (χ1v) is 7.40. The van der Waals surface area contributed by atoms with E-state index in [4.69, 9.17) is 4.74 Å². The number of rotatable bonds is 4. The van der Waals surface area contributed by atoms with E-state index >= 15 is 0 Å². The molecule has 5 heteroatoms. The van der Waals surface area contributed by atoms with Gasteiger partial charge in [-0.25, -0.2) is 4.39 Å². The van der Waals surface area contributed by atoms with Gasteiger partial charge < -0.3 is 4.74 Å². The number of ketones is 1. The maximum Gasteiger partial charge on any atom is 0.168 e.